The predicted octanol–water partition coefficient (Wildman–Crippen LogP) is 5.11. The fraction of sp³-hybridized carbons (Fsp3) is 0.579. The van der Waals surface area contributed by atoms with E-state index in [2.05, 4.69) is 68.0 Å². The number of aryl methyl sites for hydroxylation is 1. The minimum absolute atomic E-state index is 0.153. The molecule has 0 aliphatic heterocycles. The summed E-state index contributed by atoms with van der Waals surface area (Å²) in [5.41, 5.74) is 2.97. The first-order valence-electron chi connectivity index (χ1n) is 8.33. The molecule has 0 spiro atoms. The van der Waals surface area contributed by atoms with E-state index in [9.17, 15) is 0 Å². The van der Waals surface area contributed by atoms with Gasteiger partial charge in [0.25, 0.3) is 0 Å². The van der Waals surface area contributed by atoms with Crippen molar-refractivity contribution < 1.29 is 0 Å². The molecule has 0 fully saturated rings. The van der Waals surface area contributed by atoms with E-state index in [1.807, 2.05) is 0 Å². The van der Waals surface area contributed by atoms with Crippen LogP contribution in [-0.4, -0.2) is 10.1 Å². The van der Waals surface area contributed by atoms with Crippen molar-refractivity contribution in [2.24, 2.45) is 0 Å². The van der Waals surface area contributed by atoms with Crippen molar-refractivity contribution in [2.75, 3.05) is 0 Å². The van der Waals surface area contributed by atoms with Crippen molar-refractivity contribution in [3.63, 3.8) is 0 Å². The molecule has 0 atom stereocenters. The molecule has 1 heterocycles. The Morgan fingerprint density at radius 3 is 2.57 bits per heavy atom. The lowest BCUT2D eigenvalue weighted by Crippen LogP contribution is -2.35. The summed E-state index contributed by atoms with van der Waals surface area (Å²) in [6, 6.07) is 8.89. The van der Waals surface area contributed by atoms with Crippen LogP contribution in [0.2, 0.25) is 0 Å². The number of unbranched alkanes of at least 4 members (excludes halogenated alkanes) is 3. The van der Waals surface area contributed by atoms with Gasteiger partial charge in [-0.15, -0.1) is 0 Å². The van der Waals surface area contributed by atoms with Gasteiger partial charge in [0.15, 0.2) is 0 Å². The second kappa shape index (κ2) is 7.13. The molecule has 2 aromatic rings. The first-order chi connectivity index (χ1) is 10.0. The van der Waals surface area contributed by atoms with E-state index in [0.717, 1.165) is 13.1 Å². The summed E-state index contributed by atoms with van der Waals surface area (Å²) in [7, 11) is 0. The second-order valence-corrected chi connectivity index (χ2v) is 7.03. The van der Waals surface area contributed by atoms with Gasteiger partial charge in [-0.25, -0.2) is 0 Å². The van der Waals surface area contributed by atoms with Gasteiger partial charge in [-0.2, -0.15) is 0 Å². The molecule has 0 aliphatic carbocycles. The van der Waals surface area contributed by atoms with E-state index in [-0.39, 0.29) is 5.54 Å². The molecule has 2 heteroatoms. The van der Waals surface area contributed by atoms with Crippen LogP contribution in [0.5, 0.6) is 0 Å². The van der Waals surface area contributed by atoms with E-state index in [1.54, 1.807) is 0 Å². The Labute approximate surface area is 129 Å². The largest absolute Gasteiger partial charge is 0.347 e. The molecular formula is C19H30N2. The summed E-state index contributed by atoms with van der Waals surface area (Å²) in [6.07, 6.45) is 7.50. The van der Waals surface area contributed by atoms with Crippen molar-refractivity contribution >= 4 is 10.9 Å². The SMILES string of the molecule is CCCCCCn1ccc2cccc(CNC(C)(C)C)c21. The minimum Gasteiger partial charge on any atom is -0.347 e. The van der Waals surface area contributed by atoms with Crippen LogP contribution in [0, 0.1) is 0 Å². The number of nitrogens with one attached hydrogen (secondary N) is 1. The van der Waals surface area contributed by atoms with Gasteiger partial charge >= 0.3 is 0 Å². The summed E-state index contributed by atoms with van der Waals surface area (Å²) in [5, 5.41) is 4.97. The first-order valence-corrected chi connectivity index (χ1v) is 8.33. The smallest absolute Gasteiger partial charge is 0.0525 e. The highest BCUT2D eigenvalue weighted by Gasteiger charge is 2.11. The van der Waals surface area contributed by atoms with Gasteiger partial charge in [0, 0.05) is 24.8 Å². The number of nitrogens with zero attached hydrogens (tertiary/aromatic N) is 1. The van der Waals surface area contributed by atoms with Crippen molar-refractivity contribution in [3.05, 3.63) is 36.0 Å². The summed E-state index contributed by atoms with van der Waals surface area (Å²) >= 11 is 0. The number of hydrogen-bond donors (Lipinski definition) is 1. The summed E-state index contributed by atoms with van der Waals surface area (Å²) in [4.78, 5) is 0. The van der Waals surface area contributed by atoms with Gasteiger partial charge < -0.3 is 9.88 Å². The monoisotopic (exact) mass is 286 g/mol. The normalized spacial score (nSPS) is 12.2. The van der Waals surface area contributed by atoms with Crippen LogP contribution in [0.25, 0.3) is 10.9 Å². The van der Waals surface area contributed by atoms with Crippen LogP contribution in [0.1, 0.15) is 58.9 Å². The van der Waals surface area contributed by atoms with Gasteiger partial charge in [-0.05, 0) is 44.2 Å². The minimum atomic E-state index is 0.153. The Morgan fingerprint density at radius 2 is 1.86 bits per heavy atom. The molecule has 2 nitrogen and oxygen atoms in total. The third-order valence-corrected chi connectivity index (χ3v) is 3.93. The Bertz CT molecular complexity index is 560. The third-order valence-electron chi connectivity index (χ3n) is 3.93. The molecule has 1 aromatic carbocycles. The maximum atomic E-state index is 3.61. The molecule has 1 aromatic heterocycles. The summed E-state index contributed by atoms with van der Waals surface area (Å²) in [5.74, 6) is 0. The van der Waals surface area contributed by atoms with E-state index in [0.29, 0.717) is 0 Å². The van der Waals surface area contributed by atoms with Gasteiger partial charge in [0.2, 0.25) is 0 Å². The van der Waals surface area contributed by atoms with Crippen molar-refractivity contribution in [1.29, 1.82) is 0 Å². The van der Waals surface area contributed by atoms with Crippen LogP contribution in [0.3, 0.4) is 0 Å². The van der Waals surface area contributed by atoms with Gasteiger partial charge in [0.05, 0.1) is 5.52 Å². The fourth-order valence-electron chi connectivity index (χ4n) is 2.74. The van der Waals surface area contributed by atoms with E-state index < -0.39 is 0 Å². The number of aromatic nitrogens is 1. The molecule has 0 saturated heterocycles. The van der Waals surface area contributed by atoms with E-state index >= 15 is 0 Å². The zero-order valence-corrected chi connectivity index (χ0v) is 14.1. The Balaban J connectivity index is 2.15. The van der Waals surface area contributed by atoms with Gasteiger partial charge in [-0.3, -0.25) is 0 Å². The lowest BCUT2D eigenvalue weighted by Gasteiger charge is -2.21. The lowest BCUT2D eigenvalue weighted by atomic mass is 10.1. The van der Waals surface area contributed by atoms with Crippen molar-refractivity contribution in [2.45, 2.75) is 72.0 Å². The molecule has 0 aliphatic rings. The quantitative estimate of drug-likeness (QED) is 0.700. The molecule has 0 radical (unpaired) electrons. The van der Waals surface area contributed by atoms with Crippen LogP contribution >= 0.6 is 0 Å². The molecule has 0 saturated carbocycles. The van der Waals surface area contributed by atoms with Crippen molar-refractivity contribution in [3.8, 4) is 0 Å². The predicted molar refractivity (Wildman–Crippen MR) is 92.7 cm³/mol. The molecule has 0 unspecified atom stereocenters. The average molecular weight is 286 g/mol. The van der Waals surface area contributed by atoms with Crippen molar-refractivity contribution in [1.82, 2.24) is 9.88 Å². The molecule has 0 amide bonds. The standard InChI is InChI=1S/C19H30N2/c1-5-6-7-8-13-21-14-12-16-10-9-11-17(18(16)21)15-20-19(2,3)4/h9-12,14,20H,5-8,13,15H2,1-4H3. The highest BCUT2D eigenvalue weighted by Crippen LogP contribution is 2.22. The lowest BCUT2D eigenvalue weighted by molar-refractivity contribution is 0.424. The number of fused-ring (bicyclic) bond motifs is 1. The van der Waals surface area contributed by atoms with Gasteiger partial charge in [0.1, 0.15) is 0 Å². The Kier molecular flexibility index (Phi) is 5.46. The van der Waals surface area contributed by atoms with Gasteiger partial charge in [-0.1, -0.05) is 44.4 Å². The average Bonchev–Trinajstić information content (AvgIpc) is 2.84. The molecule has 0 bridgehead atoms. The highest BCUT2D eigenvalue weighted by atomic mass is 15.0. The number of rotatable bonds is 7. The second-order valence-electron chi connectivity index (χ2n) is 7.03. The zero-order chi connectivity index (χ0) is 15.3. The van der Waals surface area contributed by atoms with E-state index in [4.69, 9.17) is 0 Å². The molecule has 2 rings (SSSR count). The van der Waals surface area contributed by atoms with E-state index in [1.165, 1.54) is 42.1 Å². The molecule has 21 heavy (non-hydrogen) atoms. The number of para-hydroxylation sites is 1. The summed E-state index contributed by atoms with van der Waals surface area (Å²) in [6.45, 7) is 11.0. The molecule has 116 valence electrons. The Hall–Kier alpha value is -1.28. The van der Waals surface area contributed by atoms with Crippen LogP contribution in [-0.2, 0) is 13.1 Å². The number of hydrogen-bond acceptors (Lipinski definition) is 1. The Morgan fingerprint density at radius 1 is 1.05 bits per heavy atom. The van der Waals surface area contributed by atoms with Crippen LogP contribution in [0.15, 0.2) is 30.5 Å². The highest BCUT2D eigenvalue weighted by molar-refractivity contribution is 5.83. The zero-order valence-electron chi connectivity index (χ0n) is 14.1. The molecule has 1 N–H and O–H groups in total. The van der Waals surface area contributed by atoms with Crippen LogP contribution in [0.4, 0.5) is 0 Å². The van der Waals surface area contributed by atoms with Crippen LogP contribution < -0.4 is 5.32 Å². The third kappa shape index (κ3) is 4.60. The topological polar surface area (TPSA) is 17.0 Å². The number of benzene rings is 1. The molecular weight excluding hydrogens is 256 g/mol. The maximum absolute atomic E-state index is 3.61. The maximum Gasteiger partial charge on any atom is 0.0525 e. The first kappa shape index (κ1) is 16.1. The fourth-order valence-corrected chi connectivity index (χ4v) is 2.74. The summed E-state index contributed by atoms with van der Waals surface area (Å²) < 4.78 is 2.44.